The number of amides is 1. The summed E-state index contributed by atoms with van der Waals surface area (Å²) in [4.78, 5) is 25.5. The topological polar surface area (TPSA) is 132 Å². The van der Waals surface area contributed by atoms with Crippen LogP contribution in [0.25, 0.3) is 11.5 Å². The van der Waals surface area contributed by atoms with Crippen molar-refractivity contribution >= 4 is 11.6 Å². The fourth-order valence-electron chi connectivity index (χ4n) is 5.26. The Morgan fingerprint density at radius 1 is 1.12 bits per heavy atom. The second kappa shape index (κ2) is 13.6. The number of rotatable bonds is 12. The average Bonchev–Trinajstić information content (AvgIpc) is 3.41. The molecule has 1 saturated heterocycles. The Bertz CT molecular complexity index is 1470. The highest BCUT2D eigenvalue weighted by Crippen LogP contribution is 2.22. The number of pyridine rings is 1. The van der Waals surface area contributed by atoms with Crippen LogP contribution in [0.4, 0.5) is 5.69 Å². The van der Waals surface area contributed by atoms with Crippen molar-refractivity contribution in [3.05, 3.63) is 83.8 Å². The number of benzene rings is 1. The lowest BCUT2D eigenvalue weighted by Gasteiger charge is -2.36. The van der Waals surface area contributed by atoms with E-state index < -0.39 is 0 Å². The maximum atomic E-state index is 12.9. The van der Waals surface area contributed by atoms with Crippen LogP contribution < -0.4 is 16.0 Å². The van der Waals surface area contributed by atoms with Crippen LogP contribution in [-0.4, -0.2) is 60.4 Å². The number of aromatic nitrogens is 6. The summed E-state index contributed by atoms with van der Waals surface area (Å²) >= 11 is 0. The molecule has 1 aromatic carbocycles. The van der Waals surface area contributed by atoms with Crippen LogP contribution in [0, 0.1) is 0 Å². The summed E-state index contributed by atoms with van der Waals surface area (Å²) in [5, 5.41) is 18.9. The van der Waals surface area contributed by atoms with Gasteiger partial charge in [-0.05, 0) is 81.1 Å². The van der Waals surface area contributed by atoms with Crippen molar-refractivity contribution < 1.29 is 9.53 Å². The number of anilines is 1. The molecular formula is C31H39N9O2. The Kier molecular flexibility index (Phi) is 9.50. The molecule has 1 aliphatic rings. The predicted molar refractivity (Wildman–Crippen MR) is 161 cm³/mol. The van der Waals surface area contributed by atoms with Gasteiger partial charge in [0.15, 0.2) is 11.6 Å². The third kappa shape index (κ3) is 7.54. The predicted octanol–water partition coefficient (Wildman–Crippen LogP) is 3.78. The van der Waals surface area contributed by atoms with Crippen LogP contribution in [0.5, 0.6) is 0 Å². The molecular weight excluding hydrogens is 530 g/mol. The van der Waals surface area contributed by atoms with Crippen molar-refractivity contribution in [2.45, 2.75) is 71.3 Å². The maximum absolute atomic E-state index is 12.9. The first-order valence-corrected chi connectivity index (χ1v) is 14.5. The third-order valence-corrected chi connectivity index (χ3v) is 7.52. The fourth-order valence-corrected chi connectivity index (χ4v) is 5.26. The number of nitrogens with one attached hydrogen (secondary N) is 3. The largest absolute Gasteiger partial charge is 0.378 e. The number of nitrogens with zero attached hydrogens (tertiary/aromatic N) is 6. The van der Waals surface area contributed by atoms with E-state index in [1.807, 2.05) is 47.2 Å². The lowest BCUT2D eigenvalue weighted by Crippen LogP contribution is -2.48. The van der Waals surface area contributed by atoms with Gasteiger partial charge in [-0.2, -0.15) is 0 Å². The second-order valence-electron chi connectivity index (χ2n) is 11.1. The minimum absolute atomic E-state index is 0.0730. The molecule has 3 aromatic heterocycles. The molecule has 0 spiro atoms. The van der Waals surface area contributed by atoms with E-state index >= 15 is 0 Å². The first-order valence-electron chi connectivity index (χ1n) is 14.5. The standard InChI is InChI=1S/C31H39N9O2/c1-4-22-18-32-11-8-24(22)19-35-30(41)23-6-5-7-25(16-23)34-20-28-38-39-29(27-10-12-33-21-36-27)40(28)14-15-42-26-9-13-37-31(2,3)17-26/h5-8,10-12,16,18,21,26,34,37H,4,9,13-15,17,19-20H2,1-3H3,(H,35,41). The lowest BCUT2D eigenvalue weighted by atomic mass is 9.91. The number of ether oxygens (including phenoxy) is 1. The Morgan fingerprint density at radius 3 is 2.81 bits per heavy atom. The molecule has 1 unspecified atom stereocenters. The SMILES string of the molecule is CCc1cnccc1CNC(=O)c1cccc(NCc2nnc(-c3ccncn3)n2CCOC2CCNC(C)(C)C2)c1. The molecule has 1 atom stereocenters. The summed E-state index contributed by atoms with van der Waals surface area (Å²) in [5.74, 6) is 1.28. The molecule has 0 aliphatic carbocycles. The molecule has 42 heavy (non-hydrogen) atoms. The van der Waals surface area contributed by atoms with Gasteiger partial charge < -0.3 is 25.3 Å². The van der Waals surface area contributed by atoms with Gasteiger partial charge in [0.1, 0.15) is 12.0 Å². The second-order valence-corrected chi connectivity index (χ2v) is 11.1. The molecule has 1 amide bonds. The van der Waals surface area contributed by atoms with E-state index in [4.69, 9.17) is 4.74 Å². The Hall–Kier alpha value is -4.22. The van der Waals surface area contributed by atoms with E-state index in [-0.39, 0.29) is 17.6 Å². The van der Waals surface area contributed by atoms with Gasteiger partial charge in [-0.3, -0.25) is 9.78 Å². The van der Waals surface area contributed by atoms with E-state index in [2.05, 4.69) is 61.9 Å². The zero-order valence-electron chi connectivity index (χ0n) is 24.5. The normalized spacial score (nSPS) is 16.2. The third-order valence-electron chi connectivity index (χ3n) is 7.52. The van der Waals surface area contributed by atoms with E-state index in [0.29, 0.717) is 43.3 Å². The van der Waals surface area contributed by atoms with Crippen LogP contribution in [0.2, 0.25) is 0 Å². The van der Waals surface area contributed by atoms with Gasteiger partial charge in [0, 0.05) is 48.5 Å². The van der Waals surface area contributed by atoms with Crippen LogP contribution in [-0.2, 0) is 30.8 Å². The quantitative estimate of drug-likeness (QED) is 0.233. The van der Waals surface area contributed by atoms with Crippen LogP contribution in [0.3, 0.4) is 0 Å². The smallest absolute Gasteiger partial charge is 0.251 e. The molecule has 220 valence electrons. The van der Waals surface area contributed by atoms with Crippen LogP contribution in [0.1, 0.15) is 60.9 Å². The number of aryl methyl sites for hydroxylation is 1. The van der Waals surface area contributed by atoms with Crippen molar-refractivity contribution in [3.63, 3.8) is 0 Å². The van der Waals surface area contributed by atoms with Crippen LogP contribution in [0.15, 0.2) is 61.3 Å². The molecule has 0 saturated carbocycles. The first-order chi connectivity index (χ1) is 20.4. The number of hydrogen-bond donors (Lipinski definition) is 3. The van der Waals surface area contributed by atoms with Gasteiger partial charge in [0.05, 0.1) is 19.3 Å². The molecule has 1 fully saturated rings. The summed E-state index contributed by atoms with van der Waals surface area (Å²) in [6.07, 6.45) is 9.84. The molecule has 0 radical (unpaired) electrons. The van der Waals surface area contributed by atoms with E-state index in [1.165, 1.54) is 6.33 Å². The molecule has 11 nitrogen and oxygen atoms in total. The van der Waals surface area contributed by atoms with Crippen molar-refractivity contribution in [2.24, 2.45) is 0 Å². The van der Waals surface area contributed by atoms with Gasteiger partial charge in [-0.25, -0.2) is 9.97 Å². The summed E-state index contributed by atoms with van der Waals surface area (Å²) in [7, 11) is 0. The Labute approximate surface area is 246 Å². The summed E-state index contributed by atoms with van der Waals surface area (Å²) in [6, 6.07) is 11.2. The van der Waals surface area contributed by atoms with Crippen molar-refractivity contribution in [3.8, 4) is 11.5 Å². The highest BCUT2D eigenvalue weighted by molar-refractivity contribution is 5.95. The van der Waals surface area contributed by atoms with Gasteiger partial charge >= 0.3 is 0 Å². The maximum Gasteiger partial charge on any atom is 0.251 e. The number of carbonyl (C=O) groups excluding carboxylic acids is 1. The van der Waals surface area contributed by atoms with Crippen molar-refractivity contribution in [2.75, 3.05) is 18.5 Å². The number of piperidine rings is 1. The van der Waals surface area contributed by atoms with E-state index in [1.54, 1.807) is 12.4 Å². The minimum Gasteiger partial charge on any atom is -0.378 e. The fraction of sp³-hybridized carbons (Fsp3) is 0.419. The molecule has 1 aliphatic heterocycles. The van der Waals surface area contributed by atoms with Gasteiger partial charge in [-0.15, -0.1) is 10.2 Å². The lowest BCUT2D eigenvalue weighted by molar-refractivity contribution is 0.00508. The number of hydrogen-bond acceptors (Lipinski definition) is 9. The van der Waals surface area contributed by atoms with Crippen molar-refractivity contribution in [1.82, 2.24) is 40.3 Å². The molecule has 4 aromatic rings. The van der Waals surface area contributed by atoms with E-state index in [9.17, 15) is 4.79 Å². The van der Waals surface area contributed by atoms with Crippen molar-refractivity contribution in [1.29, 1.82) is 0 Å². The minimum atomic E-state index is -0.134. The summed E-state index contributed by atoms with van der Waals surface area (Å²) in [5.41, 5.74) is 4.36. The number of carbonyl (C=O) groups is 1. The summed E-state index contributed by atoms with van der Waals surface area (Å²) in [6.45, 7) is 9.45. The van der Waals surface area contributed by atoms with Gasteiger partial charge in [0.2, 0.25) is 0 Å². The first kappa shape index (κ1) is 29.3. The zero-order valence-corrected chi connectivity index (χ0v) is 24.5. The van der Waals surface area contributed by atoms with E-state index in [0.717, 1.165) is 48.4 Å². The monoisotopic (exact) mass is 569 g/mol. The molecule has 4 heterocycles. The van der Waals surface area contributed by atoms with Gasteiger partial charge in [-0.1, -0.05) is 13.0 Å². The van der Waals surface area contributed by atoms with Gasteiger partial charge in [0.25, 0.3) is 5.91 Å². The van der Waals surface area contributed by atoms with Crippen LogP contribution >= 0.6 is 0 Å². The average molecular weight is 570 g/mol. The molecule has 11 heteroatoms. The zero-order chi connectivity index (χ0) is 29.4. The molecule has 3 N–H and O–H groups in total. The highest BCUT2D eigenvalue weighted by Gasteiger charge is 2.28. The molecule has 0 bridgehead atoms. The Morgan fingerprint density at radius 2 is 2.00 bits per heavy atom. The molecule has 5 rings (SSSR count). The Balaban J connectivity index is 1.24. The summed E-state index contributed by atoms with van der Waals surface area (Å²) < 4.78 is 8.33. The highest BCUT2D eigenvalue weighted by atomic mass is 16.5.